The van der Waals surface area contributed by atoms with Gasteiger partial charge < -0.3 is 9.67 Å². The van der Waals surface area contributed by atoms with Gasteiger partial charge in [0.15, 0.2) is 0 Å². The SMILES string of the molecule is O=C(O)c1cccc(-c2ccc(CCn3c(C4CC4)nc4ccc(C(c5ccc(Cl)cc5)c5ccc(Cl)cc5)cc43)cc2)c1. The van der Waals surface area contributed by atoms with E-state index >= 15 is 0 Å². The summed E-state index contributed by atoms with van der Waals surface area (Å²) in [6.07, 6.45) is 3.22. The Kier molecular flexibility index (Phi) is 7.71. The first-order valence-electron chi connectivity index (χ1n) is 14.9. The molecule has 1 aliphatic carbocycles. The van der Waals surface area contributed by atoms with E-state index in [1.54, 1.807) is 18.2 Å². The number of rotatable bonds is 9. The zero-order valence-corrected chi connectivity index (χ0v) is 25.5. The van der Waals surface area contributed by atoms with Crippen LogP contribution in [0.1, 0.15) is 63.1 Å². The molecule has 0 amide bonds. The molecule has 0 radical (unpaired) electrons. The van der Waals surface area contributed by atoms with Crippen LogP contribution >= 0.6 is 23.2 Å². The number of aromatic carboxylic acids is 1. The molecule has 5 aromatic carbocycles. The first kappa shape index (κ1) is 28.4. The van der Waals surface area contributed by atoms with Crippen LogP contribution in [0.4, 0.5) is 0 Å². The van der Waals surface area contributed by atoms with Crippen molar-refractivity contribution in [1.29, 1.82) is 0 Å². The van der Waals surface area contributed by atoms with E-state index in [1.807, 2.05) is 30.3 Å². The number of carboxylic acids is 1. The third kappa shape index (κ3) is 5.88. The summed E-state index contributed by atoms with van der Waals surface area (Å²) in [5.41, 5.74) is 9.12. The lowest BCUT2D eigenvalue weighted by atomic mass is 9.85. The van der Waals surface area contributed by atoms with Gasteiger partial charge in [-0.15, -0.1) is 0 Å². The largest absolute Gasteiger partial charge is 0.478 e. The molecule has 0 spiro atoms. The summed E-state index contributed by atoms with van der Waals surface area (Å²) in [5.74, 6) is 0.791. The molecular weight excluding hydrogens is 587 g/mol. The maximum atomic E-state index is 11.4. The Bertz CT molecular complexity index is 1910. The number of aromatic nitrogens is 2. The number of benzene rings is 5. The molecular formula is C38H30Cl2N2O2. The molecule has 1 fully saturated rings. The number of carboxylic acid groups (broad SMARTS) is 1. The third-order valence-electron chi connectivity index (χ3n) is 8.51. The van der Waals surface area contributed by atoms with Gasteiger partial charge in [-0.05, 0) is 101 Å². The van der Waals surface area contributed by atoms with E-state index in [4.69, 9.17) is 28.2 Å². The van der Waals surface area contributed by atoms with Crippen molar-refractivity contribution in [3.05, 3.63) is 159 Å². The van der Waals surface area contributed by atoms with Crippen LogP contribution in [-0.2, 0) is 13.0 Å². The van der Waals surface area contributed by atoms with Gasteiger partial charge in [0.1, 0.15) is 5.82 Å². The lowest BCUT2D eigenvalue weighted by molar-refractivity contribution is 0.0697. The van der Waals surface area contributed by atoms with Crippen molar-refractivity contribution in [2.75, 3.05) is 0 Å². The molecule has 218 valence electrons. The number of fused-ring (bicyclic) bond motifs is 1. The fourth-order valence-electron chi connectivity index (χ4n) is 6.05. The van der Waals surface area contributed by atoms with Gasteiger partial charge >= 0.3 is 5.97 Å². The van der Waals surface area contributed by atoms with Crippen LogP contribution in [-0.4, -0.2) is 20.6 Å². The van der Waals surface area contributed by atoms with Gasteiger partial charge in [-0.2, -0.15) is 0 Å². The first-order valence-corrected chi connectivity index (χ1v) is 15.6. The van der Waals surface area contributed by atoms with E-state index < -0.39 is 5.97 Å². The number of hydrogen-bond acceptors (Lipinski definition) is 2. The molecule has 1 aliphatic rings. The van der Waals surface area contributed by atoms with Crippen molar-refractivity contribution in [3.63, 3.8) is 0 Å². The summed E-state index contributed by atoms with van der Waals surface area (Å²) in [5, 5.41) is 10.8. The second-order valence-electron chi connectivity index (χ2n) is 11.5. The predicted molar refractivity (Wildman–Crippen MR) is 178 cm³/mol. The molecule has 1 saturated carbocycles. The second-order valence-corrected chi connectivity index (χ2v) is 12.4. The maximum Gasteiger partial charge on any atom is 0.335 e. The highest BCUT2D eigenvalue weighted by Crippen LogP contribution is 2.42. The standard InChI is InChI=1S/C38H30Cl2N2O2/c39-32-15-10-26(11-16-32)36(27-12-17-33(40)18-13-27)30-14-19-34-35(23-30)42(37(41-34)28-8-9-28)21-20-24-4-6-25(7-5-24)29-2-1-3-31(22-29)38(43)44/h1-7,10-19,22-23,28,36H,8-9,20-21H2,(H,43,44). The Morgan fingerprint density at radius 3 is 2.02 bits per heavy atom. The fraction of sp³-hybridized carbons (Fsp3) is 0.158. The number of nitrogens with zero attached hydrogens (tertiary/aromatic N) is 2. The van der Waals surface area contributed by atoms with Gasteiger partial charge in [0.25, 0.3) is 0 Å². The maximum absolute atomic E-state index is 11.4. The van der Waals surface area contributed by atoms with Crippen molar-refractivity contribution >= 4 is 40.2 Å². The number of hydrogen-bond donors (Lipinski definition) is 1. The molecule has 0 saturated heterocycles. The zero-order chi connectivity index (χ0) is 30.2. The lowest BCUT2D eigenvalue weighted by Gasteiger charge is -2.20. The van der Waals surface area contributed by atoms with E-state index in [2.05, 4.69) is 71.3 Å². The van der Waals surface area contributed by atoms with Gasteiger partial charge in [0.2, 0.25) is 0 Å². The molecule has 4 nitrogen and oxygen atoms in total. The molecule has 7 rings (SSSR count). The van der Waals surface area contributed by atoms with E-state index in [-0.39, 0.29) is 5.92 Å². The second kappa shape index (κ2) is 12.0. The topological polar surface area (TPSA) is 55.1 Å². The molecule has 1 aromatic heterocycles. The Morgan fingerprint density at radius 1 is 0.773 bits per heavy atom. The Hall–Kier alpha value is -4.38. The molecule has 1 heterocycles. The number of imidazole rings is 1. The minimum absolute atomic E-state index is 0.0221. The smallest absolute Gasteiger partial charge is 0.335 e. The summed E-state index contributed by atoms with van der Waals surface area (Å²) < 4.78 is 2.42. The summed E-state index contributed by atoms with van der Waals surface area (Å²) in [4.78, 5) is 16.5. The summed E-state index contributed by atoms with van der Waals surface area (Å²) in [7, 11) is 0. The van der Waals surface area contributed by atoms with E-state index in [9.17, 15) is 9.90 Å². The fourth-order valence-corrected chi connectivity index (χ4v) is 6.30. The Labute approximate surface area is 266 Å². The van der Waals surface area contributed by atoms with Crippen LogP contribution < -0.4 is 0 Å². The molecule has 6 aromatic rings. The van der Waals surface area contributed by atoms with E-state index in [0.717, 1.165) is 35.1 Å². The summed E-state index contributed by atoms with van der Waals surface area (Å²) >= 11 is 12.5. The molecule has 44 heavy (non-hydrogen) atoms. The van der Waals surface area contributed by atoms with Gasteiger partial charge in [-0.3, -0.25) is 0 Å². The minimum atomic E-state index is -0.918. The highest BCUT2D eigenvalue weighted by molar-refractivity contribution is 6.30. The van der Waals surface area contributed by atoms with Crippen LogP contribution in [0.15, 0.2) is 115 Å². The van der Waals surface area contributed by atoms with Gasteiger partial charge in [-0.1, -0.05) is 89.9 Å². The van der Waals surface area contributed by atoms with Crippen molar-refractivity contribution in [3.8, 4) is 11.1 Å². The number of halogens is 2. The molecule has 0 unspecified atom stereocenters. The molecule has 0 atom stereocenters. The van der Waals surface area contributed by atoms with E-state index in [0.29, 0.717) is 21.5 Å². The van der Waals surface area contributed by atoms with Gasteiger partial charge in [0.05, 0.1) is 16.6 Å². The highest BCUT2D eigenvalue weighted by atomic mass is 35.5. The van der Waals surface area contributed by atoms with E-state index in [1.165, 1.54) is 40.9 Å². The van der Waals surface area contributed by atoms with Crippen molar-refractivity contribution in [2.24, 2.45) is 0 Å². The van der Waals surface area contributed by atoms with Crippen molar-refractivity contribution in [2.45, 2.75) is 37.6 Å². The summed E-state index contributed by atoms with van der Waals surface area (Å²) in [6.45, 7) is 0.826. The molecule has 0 bridgehead atoms. The predicted octanol–water partition coefficient (Wildman–Crippen LogP) is 10.0. The third-order valence-corrected chi connectivity index (χ3v) is 9.01. The minimum Gasteiger partial charge on any atom is -0.478 e. The lowest BCUT2D eigenvalue weighted by Crippen LogP contribution is -2.07. The van der Waals surface area contributed by atoms with Crippen LogP contribution in [0.5, 0.6) is 0 Å². The normalized spacial score (nSPS) is 13.1. The number of aryl methyl sites for hydroxylation is 2. The average Bonchev–Trinajstić information content (AvgIpc) is 3.83. The number of carbonyl (C=O) groups is 1. The summed E-state index contributed by atoms with van der Waals surface area (Å²) in [6, 6.07) is 38.3. The Balaban J connectivity index is 1.21. The zero-order valence-electron chi connectivity index (χ0n) is 24.0. The van der Waals surface area contributed by atoms with Crippen LogP contribution in [0.2, 0.25) is 10.0 Å². The van der Waals surface area contributed by atoms with Crippen LogP contribution in [0, 0.1) is 0 Å². The average molecular weight is 618 g/mol. The molecule has 0 aliphatic heterocycles. The first-order chi connectivity index (χ1) is 21.4. The monoisotopic (exact) mass is 616 g/mol. The quantitative estimate of drug-likeness (QED) is 0.164. The van der Waals surface area contributed by atoms with Crippen LogP contribution in [0.25, 0.3) is 22.2 Å². The highest BCUT2D eigenvalue weighted by Gasteiger charge is 2.30. The van der Waals surface area contributed by atoms with Crippen molar-refractivity contribution < 1.29 is 9.90 Å². The molecule has 6 heteroatoms. The molecule has 1 N–H and O–H groups in total. The van der Waals surface area contributed by atoms with Gasteiger partial charge in [0, 0.05) is 28.4 Å². The van der Waals surface area contributed by atoms with Gasteiger partial charge in [-0.25, -0.2) is 9.78 Å². The van der Waals surface area contributed by atoms with Crippen molar-refractivity contribution in [1.82, 2.24) is 9.55 Å². The van der Waals surface area contributed by atoms with Crippen LogP contribution in [0.3, 0.4) is 0 Å². The Morgan fingerprint density at radius 2 is 1.41 bits per heavy atom.